The van der Waals surface area contributed by atoms with Gasteiger partial charge in [0.2, 0.25) is 0 Å². The summed E-state index contributed by atoms with van der Waals surface area (Å²) in [6.07, 6.45) is 8.63. The molecule has 0 aromatic carbocycles. The van der Waals surface area contributed by atoms with Gasteiger partial charge in [-0.3, -0.25) is 0 Å². The van der Waals surface area contributed by atoms with E-state index in [0.29, 0.717) is 5.41 Å². The quantitative estimate of drug-likeness (QED) is 0.780. The van der Waals surface area contributed by atoms with Crippen molar-refractivity contribution < 1.29 is 0 Å². The molecule has 18 heavy (non-hydrogen) atoms. The van der Waals surface area contributed by atoms with Gasteiger partial charge in [-0.2, -0.15) is 0 Å². The summed E-state index contributed by atoms with van der Waals surface area (Å²) < 4.78 is 0. The monoisotopic (exact) mass is 250 g/mol. The first-order valence-electron chi connectivity index (χ1n) is 8.14. The van der Waals surface area contributed by atoms with E-state index in [1.54, 1.807) is 0 Å². The van der Waals surface area contributed by atoms with Gasteiger partial charge >= 0.3 is 0 Å². The molecule has 2 aliphatic carbocycles. The fraction of sp³-hybridized carbons (Fsp3) is 1.00. The molecule has 3 aliphatic rings. The van der Waals surface area contributed by atoms with E-state index in [2.05, 4.69) is 24.1 Å². The van der Waals surface area contributed by atoms with E-state index < -0.39 is 0 Å². The zero-order valence-corrected chi connectivity index (χ0v) is 12.3. The lowest BCUT2D eigenvalue weighted by atomic mass is 9.86. The van der Waals surface area contributed by atoms with E-state index in [1.165, 1.54) is 64.7 Å². The van der Waals surface area contributed by atoms with Crippen LogP contribution in [-0.2, 0) is 0 Å². The molecule has 3 atom stereocenters. The lowest BCUT2D eigenvalue weighted by Crippen LogP contribution is -2.42. The van der Waals surface area contributed by atoms with Crippen LogP contribution in [0.4, 0.5) is 0 Å². The van der Waals surface area contributed by atoms with Crippen LogP contribution in [0.25, 0.3) is 0 Å². The van der Waals surface area contributed by atoms with Gasteiger partial charge in [0.1, 0.15) is 0 Å². The van der Waals surface area contributed by atoms with Crippen molar-refractivity contribution in [2.75, 3.05) is 26.2 Å². The highest BCUT2D eigenvalue weighted by Gasteiger charge is 2.38. The molecule has 3 unspecified atom stereocenters. The van der Waals surface area contributed by atoms with Crippen molar-refractivity contribution in [2.45, 2.75) is 58.4 Å². The summed E-state index contributed by atoms with van der Waals surface area (Å²) in [6.45, 7) is 10.2. The molecular weight excluding hydrogens is 220 g/mol. The van der Waals surface area contributed by atoms with Gasteiger partial charge in [0.15, 0.2) is 0 Å². The SMILES string of the molecule is CCC(C)(CNC1CC1)CN1CC2CCCC2C1. The Morgan fingerprint density at radius 3 is 2.33 bits per heavy atom. The predicted molar refractivity (Wildman–Crippen MR) is 76.7 cm³/mol. The van der Waals surface area contributed by atoms with Crippen LogP contribution in [0, 0.1) is 17.3 Å². The smallest absolute Gasteiger partial charge is 0.00684 e. The van der Waals surface area contributed by atoms with Crippen molar-refractivity contribution in [3.8, 4) is 0 Å². The summed E-state index contributed by atoms with van der Waals surface area (Å²) in [6, 6.07) is 0.855. The van der Waals surface area contributed by atoms with E-state index >= 15 is 0 Å². The molecule has 1 heterocycles. The lowest BCUT2D eigenvalue weighted by Gasteiger charge is -2.33. The minimum Gasteiger partial charge on any atom is -0.313 e. The Kier molecular flexibility index (Phi) is 3.68. The maximum Gasteiger partial charge on any atom is 0.00684 e. The van der Waals surface area contributed by atoms with Crippen molar-refractivity contribution in [3.63, 3.8) is 0 Å². The van der Waals surface area contributed by atoms with E-state index in [-0.39, 0.29) is 0 Å². The third-order valence-corrected chi connectivity index (χ3v) is 5.66. The molecule has 2 nitrogen and oxygen atoms in total. The fourth-order valence-corrected chi connectivity index (χ4v) is 3.97. The largest absolute Gasteiger partial charge is 0.313 e. The highest BCUT2D eigenvalue weighted by Crippen LogP contribution is 2.39. The second kappa shape index (κ2) is 5.13. The summed E-state index contributed by atoms with van der Waals surface area (Å²) in [5, 5.41) is 3.75. The molecule has 0 aromatic rings. The summed E-state index contributed by atoms with van der Waals surface area (Å²) >= 11 is 0. The number of fused-ring (bicyclic) bond motifs is 1. The van der Waals surface area contributed by atoms with Gasteiger partial charge in [0.05, 0.1) is 0 Å². The Labute approximate surface area is 113 Å². The zero-order chi connectivity index (χ0) is 12.6. The van der Waals surface area contributed by atoms with Crippen molar-refractivity contribution in [1.82, 2.24) is 10.2 Å². The first kappa shape index (κ1) is 12.9. The normalized spacial score (nSPS) is 35.7. The molecule has 3 rings (SSSR count). The Balaban J connectivity index is 1.49. The van der Waals surface area contributed by atoms with Crippen molar-refractivity contribution in [2.24, 2.45) is 17.3 Å². The highest BCUT2D eigenvalue weighted by molar-refractivity contribution is 4.92. The Morgan fingerprint density at radius 2 is 1.78 bits per heavy atom. The molecular formula is C16H30N2. The molecule has 1 N–H and O–H groups in total. The fourth-order valence-electron chi connectivity index (χ4n) is 3.97. The summed E-state index contributed by atoms with van der Waals surface area (Å²) in [4.78, 5) is 2.77. The van der Waals surface area contributed by atoms with Crippen LogP contribution in [0.1, 0.15) is 52.4 Å². The van der Waals surface area contributed by atoms with Crippen molar-refractivity contribution >= 4 is 0 Å². The number of hydrogen-bond acceptors (Lipinski definition) is 2. The van der Waals surface area contributed by atoms with Gasteiger partial charge in [-0.25, -0.2) is 0 Å². The predicted octanol–water partition coefficient (Wildman–Crippen LogP) is 2.89. The van der Waals surface area contributed by atoms with E-state index in [0.717, 1.165) is 17.9 Å². The average molecular weight is 250 g/mol. The van der Waals surface area contributed by atoms with Gasteiger partial charge in [0, 0.05) is 32.2 Å². The molecule has 1 aliphatic heterocycles. The molecule has 2 heteroatoms. The van der Waals surface area contributed by atoms with Gasteiger partial charge in [-0.1, -0.05) is 20.3 Å². The van der Waals surface area contributed by atoms with Crippen LogP contribution in [0.2, 0.25) is 0 Å². The molecule has 0 amide bonds. The minimum atomic E-state index is 0.487. The van der Waals surface area contributed by atoms with Crippen LogP contribution in [-0.4, -0.2) is 37.1 Å². The number of rotatable bonds is 6. The van der Waals surface area contributed by atoms with E-state index in [1.807, 2.05) is 0 Å². The number of likely N-dealkylation sites (tertiary alicyclic amines) is 1. The van der Waals surface area contributed by atoms with Crippen LogP contribution in [0.5, 0.6) is 0 Å². The number of nitrogens with one attached hydrogen (secondary N) is 1. The summed E-state index contributed by atoms with van der Waals surface area (Å²) in [7, 11) is 0. The van der Waals surface area contributed by atoms with Gasteiger partial charge in [-0.05, 0) is 49.4 Å². The molecule has 0 radical (unpaired) electrons. The van der Waals surface area contributed by atoms with E-state index in [4.69, 9.17) is 0 Å². The maximum absolute atomic E-state index is 3.75. The number of hydrogen-bond donors (Lipinski definition) is 1. The van der Waals surface area contributed by atoms with Crippen molar-refractivity contribution in [1.29, 1.82) is 0 Å². The highest BCUT2D eigenvalue weighted by atomic mass is 15.2. The summed E-state index contributed by atoms with van der Waals surface area (Å²) in [5.74, 6) is 2.09. The van der Waals surface area contributed by atoms with Gasteiger partial charge in [0.25, 0.3) is 0 Å². The average Bonchev–Trinajstić information content (AvgIpc) is 2.97. The third-order valence-electron chi connectivity index (χ3n) is 5.66. The molecule has 0 spiro atoms. The van der Waals surface area contributed by atoms with Gasteiger partial charge < -0.3 is 10.2 Å². The van der Waals surface area contributed by atoms with Crippen LogP contribution >= 0.6 is 0 Å². The summed E-state index contributed by atoms with van der Waals surface area (Å²) in [5.41, 5.74) is 0.487. The molecule has 1 saturated heterocycles. The molecule has 0 aromatic heterocycles. The van der Waals surface area contributed by atoms with Crippen LogP contribution in [0.15, 0.2) is 0 Å². The zero-order valence-electron chi connectivity index (χ0n) is 12.3. The molecule has 3 fully saturated rings. The molecule has 2 saturated carbocycles. The third kappa shape index (κ3) is 2.91. The number of nitrogens with zero attached hydrogens (tertiary/aromatic N) is 1. The minimum absolute atomic E-state index is 0.487. The van der Waals surface area contributed by atoms with E-state index in [9.17, 15) is 0 Å². The maximum atomic E-state index is 3.75. The van der Waals surface area contributed by atoms with Crippen LogP contribution < -0.4 is 5.32 Å². The molecule has 0 bridgehead atoms. The Bertz CT molecular complexity index is 275. The second-order valence-electron chi connectivity index (χ2n) is 7.46. The first-order valence-corrected chi connectivity index (χ1v) is 8.14. The molecule has 104 valence electrons. The first-order chi connectivity index (χ1) is 8.68. The lowest BCUT2D eigenvalue weighted by molar-refractivity contribution is 0.170. The van der Waals surface area contributed by atoms with Crippen LogP contribution in [0.3, 0.4) is 0 Å². The second-order valence-corrected chi connectivity index (χ2v) is 7.46. The Morgan fingerprint density at radius 1 is 1.11 bits per heavy atom. The Hall–Kier alpha value is -0.0800. The van der Waals surface area contributed by atoms with Gasteiger partial charge in [-0.15, -0.1) is 0 Å². The topological polar surface area (TPSA) is 15.3 Å². The van der Waals surface area contributed by atoms with Crippen molar-refractivity contribution in [3.05, 3.63) is 0 Å². The standard InChI is InChI=1S/C16H30N2/c1-3-16(2,11-17-15-7-8-15)12-18-9-13-5-4-6-14(13)10-18/h13-15,17H,3-12H2,1-2H3.